The summed E-state index contributed by atoms with van der Waals surface area (Å²) in [7, 11) is 0. The Morgan fingerprint density at radius 1 is 1.33 bits per heavy atom. The molecule has 0 saturated heterocycles. The molecule has 0 aromatic rings. The predicted molar refractivity (Wildman–Crippen MR) is 50.3 cm³/mol. The lowest BCUT2D eigenvalue weighted by atomic mass is 9.86. The molecule has 0 unspecified atom stereocenters. The summed E-state index contributed by atoms with van der Waals surface area (Å²) in [5.41, 5.74) is 10.8. The van der Waals surface area contributed by atoms with Crippen LogP contribution < -0.4 is 11.5 Å². The average molecular weight is 168 g/mol. The highest BCUT2D eigenvalue weighted by Crippen LogP contribution is 2.24. The van der Waals surface area contributed by atoms with Gasteiger partial charge in [0.1, 0.15) is 5.84 Å². The molecule has 0 amide bonds. The lowest BCUT2D eigenvalue weighted by Gasteiger charge is -2.24. The van der Waals surface area contributed by atoms with Crippen LogP contribution in [0.25, 0.3) is 0 Å². The minimum Gasteiger partial charge on any atom is -0.390 e. The first-order chi connectivity index (χ1) is 5.74. The molecule has 0 aromatic heterocycles. The first-order valence-electron chi connectivity index (χ1n) is 4.32. The second-order valence-electron chi connectivity index (χ2n) is 3.28. The molecule has 0 bridgehead atoms. The van der Waals surface area contributed by atoms with Crippen molar-refractivity contribution >= 4 is 12.2 Å². The molecule has 1 aliphatic rings. The van der Waals surface area contributed by atoms with Crippen molar-refractivity contribution in [3.05, 3.63) is 0 Å². The van der Waals surface area contributed by atoms with Crippen molar-refractivity contribution in [2.45, 2.75) is 31.7 Å². The maximum Gasteiger partial charge on any atom is 0.125 e. The zero-order valence-electron chi connectivity index (χ0n) is 7.16. The second kappa shape index (κ2) is 4.21. The largest absolute Gasteiger partial charge is 0.390 e. The van der Waals surface area contributed by atoms with Gasteiger partial charge in [0.15, 0.2) is 0 Å². The number of aliphatic imine (C=N–C) groups is 1. The maximum atomic E-state index is 7.53. The molecule has 0 aliphatic heterocycles. The Morgan fingerprint density at radius 2 is 1.92 bits per heavy atom. The van der Waals surface area contributed by atoms with Crippen LogP contribution in [0.4, 0.5) is 0 Å². The fourth-order valence-corrected chi connectivity index (χ4v) is 1.58. The second-order valence-corrected chi connectivity index (χ2v) is 3.28. The smallest absolute Gasteiger partial charge is 0.125 e. The maximum absolute atomic E-state index is 7.53. The van der Waals surface area contributed by atoms with Crippen molar-refractivity contribution in [2.75, 3.05) is 0 Å². The van der Waals surface area contributed by atoms with Gasteiger partial charge in [0, 0.05) is 12.0 Å². The Bertz CT molecular complexity index is 179. The Balaban J connectivity index is 2.39. The van der Waals surface area contributed by atoms with Crippen LogP contribution in [0.1, 0.15) is 25.7 Å². The fraction of sp³-hybridized carbons (Fsp3) is 0.750. The van der Waals surface area contributed by atoms with E-state index >= 15 is 0 Å². The molecule has 1 rings (SSSR count). The molecule has 0 radical (unpaired) electrons. The quantitative estimate of drug-likeness (QED) is 0.392. The summed E-state index contributed by atoms with van der Waals surface area (Å²) in [6.45, 7) is 0. The van der Waals surface area contributed by atoms with Crippen LogP contribution in [0.2, 0.25) is 0 Å². The molecule has 1 fully saturated rings. The van der Waals surface area contributed by atoms with Crippen molar-refractivity contribution in [1.82, 2.24) is 0 Å². The molecule has 0 heterocycles. The van der Waals surface area contributed by atoms with Crippen LogP contribution in [0, 0.1) is 11.3 Å². The van der Waals surface area contributed by atoms with Gasteiger partial charge in [-0.1, -0.05) is 0 Å². The van der Waals surface area contributed by atoms with E-state index in [2.05, 4.69) is 4.99 Å². The van der Waals surface area contributed by atoms with Gasteiger partial charge >= 0.3 is 0 Å². The first-order valence-corrected chi connectivity index (χ1v) is 4.32. The average Bonchev–Trinajstić information content (AvgIpc) is 2.06. The molecular formula is C8H16N4. The Labute approximate surface area is 72.5 Å². The van der Waals surface area contributed by atoms with E-state index in [9.17, 15) is 0 Å². The molecule has 0 atom stereocenters. The van der Waals surface area contributed by atoms with Crippen LogP contribution in [0.3, 0.4) is 0 Å². The highest BCUT2D eigenvalue weighted by Gasteiger charge is 2.21. The number of rotatable bonds is 1. The van der Waals surface area contributed by atoms with Gasteiger partial charge < -0.3 is 11.5 Å². The summed E-state index contributed by atoms with van der Waals surface area (Å²) in [5.74, 6) is 0.689. The lowest BCUT2D eigenvalue weighted by molar-refractivity contribution is 0.389. The van der Waals surface area contributed by atoms with E-state index in [1.807, 2.05) is 0 Å². The molecular weight excluding hydrogens is 152 g/mol. The normalized spacial score (nSPS) is 30.8. The van der Waals surface area contributed by atoms with Crippen molar-refractivity contribution in [1.29, 1.82) is 5.41 Å². The Hall–Kier alpha value is -0.900. The highest BCUT2D eigenvalue weighted by molar-refractivity contribution is 5.88. The molecule has 68 valence electrons. The zero-order chi connectivity index (χ0) is 8.97. The molecule has 5 N–H and O–H groups in total. The van der Waals surface area contributed by atoms with Crippen LogP contribution >= 0.6 is 0 Å². The van der Waals surface area contributed by atoms with E-state index in [0.29, 0.717) is 11.9 Å². The van der Waals surface area contributed by atoms with Crippen molar-refractivity contribution < 1.29 is 0 Å². The Kier molecular flexibility index (Phi) is 3.22. The van der Waals surface area contributed by atoms with Gasteiger partial charge in [-0.3, -0.25) is 5.41 Å². The van der Waals surface area contributed by atoms with E-state index < -0.39 is 0 Å². The van der Waals surface area contributed by atoms with E-state index in [0.717, 1.165) is 25.7 Å². The predicted octanol–water partition coefficient (Wildman–Crippen LogP) is 0.468. The number of hydrogen-bond donors (Lipinski definition) is 3. The van der Waals surface area contributed by atoms with Gasteiger partial charge in [-0.25, -0.2) is 4.99 Å². The van der Waals surface area contributed by atoms with Crippen LogP contribution in [0.5, 0.6) is 0 Å². The van der Waals surface area contributed by atoms with E-state index in [1.54, 1.807) is 0 Å². The van der Waals surface area contributed by atoms with Crippen LogP contribution in [0.15, 0.2) is 4.99 Å². The summed E-state index contributed by atoms with van der Waals surface area (Å²) in [4.78, 5) is 3.77. The third kappa shape index (κ3) is 2.30. The van der Waals surface area contributed by atoms with Gasteiger partial charge in [-0.15, -0.1) is 0 Å². The number of nitrogens with one attached hydrogen (secondary N) is 1. The molecule has 4 heteroatoms. The summed E-state index contributed by atoms with van der Waals surface area (Å²) in [5, 5.41) is 7.53. The topological polar surface area (TPSA) is 88.2 Å². The highest BCUT2D eigenvalue weighted by atomic mass is 14.9. The molecule has 1 saturated carbocycles. The third-order valence-corrected chi connectivity index (χ3v) is 2.37. The van der Waals surface area contributed by atoms with Gasteiger partial charge in [-0.2, -0.15) is 0 Å². The molecule has 0 spiro atoms. The number of amidine groups is 1. The summed E-state index contributed by atoms with van der Waals surface area (Å²) >= 11 is 0. The van der Waals surface area contributed by atoms with Gasteiger partial charge in [-0.05, 0) is 25.7 Å². The standard InChI is InChI=1S/C8H16N4/c9-5-12-8(11)6-1-3-7(10)4-2-6/h5-7H,1-4,10H2,(H3,9,11,12). The van der Waals surface area contributed by atoms with Crippen molar-refractivity contribution in [3.63, 3.8) is 0 Å². The lowest BCUT2D eigenvalue weighted by Crippen LogP contribution is -2.29. The van der Waals surface area contributed by atoms with E-state index in [4.69, 9.17) is 16.9 Å². The summed E-state index contributed by atoms with van der Waals surface area (Å²) in [6.07, 6.45) is 5.17. The molecule has 4 nitrogen and oxygen atoms in total. The van der Waals surface area contributed by atoms with Gasteiger partial charge in [0.2, 0.25) is 0 Å². The SMILES string of the molecule is N=C(N=CN)C1CCC(N)CC1. The van der Waals surface area contributed by atoms with Crippen molar-refractivity contribution in [3.8, 4) is 0 Å². The van der Waals surface area contributed by atoms with Gasteiger partial charge in [0.25, 0.3) is 0 Å². The Morgan fingerprint density at radius 3 is 2.42 bits per heavy atom. The fourth-order valence-electron chi connectivity index (χ4n) is 1.58. The summed E-state index contributed by atoms with van der Waals surface area (Å²) in [6, 6.07) is 0.330. The first kappa shape index (κ1) is 9.19. The van der Waals surface area contributed by atoms with Gasteiger partial charge in [0.05, 0.1) is 6.34 Å². The minimum absolute atomic E-state index is 0.282. The van der Waals surface area contributed by atoms with Crippen molar-refractivity contribution in [2.24, 2.45) is 22.4 Å². The zero-order valence-corrected chi connectivity index (χ0v) is 7.16. The number of hydrogen-bond acceptors (Lipinski definition) is 2. The molecule has 1 aliphatic carbocycles. The van der Waals surface area contributed by atoms with Crippen LogP contribution in [-0.2, 0) is 0 Å². The third-order valence-electron chi connectivity index (χ3n) is 2.37. The summed E-state index contributed by atoms with van der Waals surface area (Å²) < 4.78 is 0. The minimum atomic E-state index is 0.282. The van der Waals surface area contributed by atoms with Crippen LogP contribution in [-0.4, -0.2) is 18.2 Å². The monoisotopic (exact) mass is 168 g/mol. The number of nitrogens with zero attached hydrogens (tertiary/aromatic N) is 1. The molecule has 0 aromatic carbocycles. The van der Waals surface area contributed by atoms with E-state index in [1.165, 1.54) is 6.34 Å². The van der Waals surface area contributed by atoms with E-state index in [-0.39, 0.29) is 5.92 Å². The number of nitrogens with two attached hydrogens (primary N) is 2. The molecule has 12 heavy (non-hydrogen) atoms.